The minimum absolute atomic E-state index is 0.387. The Kier molecular flexibility index (Phi) is 2.23. The van der Waals surface area contributed by atoms with Crippen molar-refractivity contribution in [2.75, 3.05) is 5.32 Å². The predicted octanol–water partition coefficient (Wildman–Crippen LogP) is 2.05. The largest absolute Gasteiger partial charge is 0.465 e. The van der Waals surface area contributed by atoms with E-state index in [4.69, 9.17) is 5.11 Å². The van der Waals surface area contributed by atoms with Crippen LogP contribution in [0.1, 0.15) is 0 Å². The third-order valence-corrected chi connectivity index (χ3v) is 1.19. The van der Waals surface area contributed by atoms with E-state index in [1.165, 1.54) is 6.07 Å². The van der Waals surface area contributed by atoms with Gasteiger partial charge < -0.3 is 5.11 Å². The fourth-order valence-electron chi connectivity index (χ4n) is 0.716. The zero-order chi connectivity index (χ0) is 9.14. The van der Waals surface area contributed by atoms with Gasteiger partial charge in [-0.1, -0.05) is 6.07 Å². The van der Waals surface area contributed by atoms with Gasteiger partial charge in [-0.25, -0.2) is 13.6 Å². The number of carbonyl (C=O) groups is 1. The summed E-state index contributed by atoms with van der Waals surface area (Å²) in [6, 6.07) is 3.25. The molecule has 0 unspecified atom stereocenters. The molecule has 0 aliphatic heterocycles. The molecule has 1 rings (SSSR count). The van der Waals surface area contributed by atoms with Crippen molar-refractivity contribution < 1.29 is 18.7 Å². The summed E-state index contributed by atoms with van der Waals surface area (Å²) >= 11 is 0. The minimum Gasteiger partial charge on any atom is -0.465 e. The molecule has 0 radical (unpaired) electrons. The van der Waals surface area contributed by atoms with Crippen molar-refractivity contribution >= 4 is 11.8 Å². The van der Waals surface area contributed by atoms with E-state index in [1.807, 2.05) is 0 Å². The lowest BCUT2D eigenvalue weighted by Gasteiger charge is -2.01. The summed E-state index contributed by atoms with van der Waals surface area (Å²) in [6.45, 7) is 0. The second kappa shape index (κ2) is 3.17. The second-order valence-corrected chi connectivity index (χ2v) is 2.03. The van der Waals surface area contributed by atoms with Gasteiger partial charge in [0.25, 0.3) is 0 Å². The molecule has 0 fully saturated rings. The Balaban J connectivity index is 3.00. The van der Waals surface area contributed by atoms with Gasteiger partial charge in [0.2, 0.25) is 0 Å². The van der Waals surface area contributed by atoms with Crippen LogP contribution in [0.3, 0.4) is 0 Å². The van der Waals surface area contributed by atoms with Crippen molar-refractivity contribution in [2.45, 2.75) is 0 Å². The van der Waals surface area contributed by atoms with E-state index in [9.17, 15) is 13.6 Å². The SMILES string of the molecule is O=C(O)Nc1cccc(F)c1F. The molecule has 0 atom stereocenters. The van der Waals surface area contributed by atoms with E-state index in [2.05, 4.69) is 0 Å². The molecule has 1 amide bonds. The lowest BCUT2D eigenvalue weighted by Crippen LogP contribution is -2.09. The molecule has 0 aliphatic rings. The zero-order valence-corrected chi connectivity index (χ0v) is 5.84. The first kappa shape index (κ1) is 8.45. The van der Waals surface area contributed by atoms with Gasteiger partial charge in [-0.2, -0.15) is 0 Å². The Labute approximate surface area is 66.6 Å². The van der Waals surface area contributed by atoms with Crippen LogP contribution >= 0.6 is 0 Å². The highest BCUT2D eigenvalue weighted by atomic mass is 19.2. The smallest absolute Gasteiger partial charge is 0.409 e. The molecule has 5 heteroatoms. The number of amides is 1. The highest BCUT2D eigenvalue weighted by molar-refractivity contribution is 5.82. The average molecular weight is 173 g/mol. The van der Waals surface area contributed by atoms with Gasteiger partial charge in [-0.3, -0.25) is 5.32 Å². The summed E-state index contributed by atoms with van der Waals surface area (Å²) in [5.41, 5.74) is -0.387. The van der Waals surface area contributed by atoms with Crippen LogP contribution < -0.4 is 5.32 Å². The number of hydrogen-bond donors (Lipinski definition) is 2. The molecule has 0 saturated carbocycles. The normalized spacial score (nSPS) is 9.50. The van der Waals surface area contributed by atoms with Gasteiger partial charge in [0.1, 0.15) is 0 Å². The van der Waals surface area contributed by atoms with E-state index in [-0.39, 0.29) is 5.69 Å². The lowest BCUT2D eigenvalue weighted by molar-refractivity contribution is 0.209. The molecule has 1 aromatic rings. The molecule has 1 aromatic carbocycles. The van der Waals surface area contributed by atoms with Gasteiger partial charge in [0.05, 0.1) is 5.69 Å². The minimum atomic E-state index is -1.43. The Morgan fingerprint density at radius 2 is 2.08 bits per heavy atom. The van der Waals surface area contributed by atoms with Gasteiger partial charge in [0.15, 0.2) is 11.6 Å². The summed E-state index contributed by atoms with van der Waals surface area (Å²) < 4.78 is 25.1. The maximum atomic E-state index is 12.7. The molecule has 0 heterocycles. The topological polar surface area (TPSA) is 49.3 Å². The molecule has 2 N–H and O–H groups in total. The zero-order valence-electron chi connectivity index (χ0n) is 5.84. The summed E-state index contributed by atoms with van der Waals surface area (Å²) in [7, 11) is 0. The van der Waals surface area contributed by atoms with Crippen molar-refractivity contribution in [3.05, 3.63) is 29.8 Å². The van der Waals surface area contributed by atoms with Crippen LogP contribution in [0.2, 0.25) is 0 Å². The number of rotatable bonds is 1. The monoisotopic (exact) mass is 173 g/mol. The van der Waals surface area contributed by atoms with Crippen LogP contribution in [0, 0.1) is 11.6 Å². The van der Waals surface area contributed by atoms with Crippen LogP contribution in [0.4, 0.5) is 19.3 Å². The third kappa shape index (κ3) is 1.69. The molecule has 3 nitrogen and oxygen atoms in total. The van der Waals surface area contributed by atoms with Gasteiger partial charge in [-0.05, 0) is 12.1 Å². The molecular formula is C7H5F2NO2. The summed E-state index contributed by atoms with van der Waals surface area (Å²) in [5.74, 6) is -2.28. The molecule has 0 spiro atoms. The van der Waals surface area contributed by atoms with Crippen molar-refractivity contribution in [1.82, 2.24) is 0 Å². The van der Waals surface area contributed by atoms with E-state index in [0.29, 0.717) is 0 Å². The van der Waals surface area contributed by atoms with Crippen molar-refractivity contribution in [3.8, 4) is 0 Å². The van der Waals surface area contributed by atoms with Gasteiger partial charge >= 0.3 is 6.09 Å². The number of anilines is 1. The molecular weight excluding hydrogens is 168 g/mol. The Hall–Kier alpha value is -1.65. The highest BCUT2D eigenvalue weighted by Crippen LogP contribution is 2.15. The van der Waals surface area contributed by atoms with Gasteiger partial charge in [0, 0.05) is 0 Å². The van der Waals surface area contributed by atoms with E-state index in [0.717, 1.165) is 12.1 Å². The van der Waals surface area contributed by atoms with Crippen LogP contribution in [0.15, 0.2) is 18.2 Å². The number of hydrogen-bond acceptors (Lipinski definition) is 1. The van der Waals surface area contributed by atoms with Crippen molar-refractivity contribution in [2.24, 2.45) is 0 Å². The van der Waals surface area contributed by atoms with Crippen LogP contribution in [0.5, 0.6) is 0 Å². The molecule has 12 heavy (non-hydrogen) atoms. The number of benzene rings is 1. The Morgan fingerprint density at radius 1 is 1.42 bits per heavy atom. The summed E-state index contributed by atoms with van der Waals surface area (Å²) in [4.78, 5) is 10.0. The number of carboxylic acid groups (broad SMARTS) is 1. The Bertz CT molecular complexity index is 314. The fourth-order valence-corrected chi connectivity index (χ4v) is 0.716. The standard InChI is InChI=1S/C7H5F2NO2/c8-4-2-1-3-5(6(4)9)10-7(11)12/h1-3,10H,(H,11,12). The van der Waals surface area contributed by atoms with E-state index in [1.54, 1.807) is 5.32 Å². The second-order valence-electron chi connectivity index (χ2n) is 2.03. The third-order valence-electron chi connectivity index (χ3n) is 1.19. The van der Waals surface area contributed by atoms with Gasteiger partial charge in [-0.15, -0.1) is 0 Å². The first-order valence-electron chi connectivity index (χ1n) is 3.05. The average Bonchev–Trinajstić information content (AvgIpc) is 1.98. The lowest BCUT2D eigenvalue weighted by atomic mass is 10.3. The van der Waals surface area contributed by atoms with E-state index >= 15 is 0 Å². The van der Waals surface area contributed by atoms with Crippen molar-refractivity contribution in [3.63, 3.8) is 0 Å². The number of halogens is 2. The first-order chi connectivity index (χ1) is 5.61. The van der Waals surface area contributed by atoms with Crippen LogP contribution in [0.25, 0.3) is 0 Å². The molecule has 0 aromatic heterocycles. The molecule has 0 saturated heterocycles. The summed E-state index contributed by atoms with van der Waals surface area (Å²) in [5, 5.41) is 9.90. The Morgan fingerprint density at radius 3 is 2.67 bits per heavy atom. The van der Waals surface area contributed by atoms with E-state index < -0.39 is 17.7 Å². The quantitative estimate of drug-likeness (QED) is 0.682. The van der Waals surface area contributed by atoms with Crippen LogP contribution in [-0.2, 0) is 0 Å². The highest BCUT2D eigenvalue weighted by Gasteiger charge is 2.08. The summed E-state index contributed by atoms with van der Waals surface area (Å²) in [6.07, 6.45) is -1.43. The van der Waals surface area contributed by atoms with Crippen molar-refractivity contribution in [1.29, 1.82) is 0 Å². The first-order valence-corrected chi connectivity index (χ1v) is 3.05. The molecule has 0 aliphatic carbocycles. The maximum absolute atomic E-state index is 12.7. The fraction of sp³-hybridized carbons (Fsp3) is 0. The maximum Gasteiger partial charge on any atom is 0.409 e. The van der Waals surface area contributed by atoms with Crippen LogP contribution in [-0.4, -0.2) is 11.2 Å². The molecule has 0 bridgehead atoms. The predicted molar refractivity (Wildman–Crippen MR) is 38.0 cm³/mol. The number of nitrogens with one attached hydrogen (secondary N) is 1. The molecule has 64 valence electrons.